The number of allylic oxidation sites excluding steroid dienone is 1. The van der Waals surface area contributed by atoms with Gasteiger partial charge in [0, 0.05) is 45.3 Å². The highest BCUT2D eigenvalue weighted by molar-refractivity contribution is 5.97. The van der Waals surface area contributed by atoms with Gasteiger partial charge in [0.2, 0.25) is 0 Å². The molecule has 0 saturated carbocycles. The van der Waals surface area contributed by atoms with Crippen molar-refractivity contribution in [2.75, 3.05) is 0 Å². The Morgan fingerprint density at radius 3 is 1.84 bits per heavy atom. The fourth-order valence-electron chi connectivity index (χ4n) is 7.32. The van der Waals surface area contributed by atoms with Crippen LogP contribution in [-0.2, 0) is 6.42 Å². The van der Waals surface area contributed by atoms with Crippen molar-refractivity contribution >= 4 is 17.6 Å². The number of fused-ring (bicyclic) bond motifs is 1. The first-order chi connectivity index (χ1) is 20.7. The Bertz CT molecular complexity index is 1880. The van der Waals surface area contributed by atoms with Gasteiger partial charge < -0.3 is 15.0 Å². The van der Waals surface area contributed by atoms with Gasteiger partial charge in [-0.2, -0.15) is 0 Å². The van der Waals surface area contributed by atoms with Crippen molar-refractivity contribution in [1.82, 2.24) is 15.0 Å². The maximum absolute atomic E-state index is 12.7. The minimum absolute atomic E-state index is 0.0670. The fraction of sp³-hybridized carbons (Fsp3) is 0.263. The molecule has 5 heteroatoms. The number of aryl methyl sites for hydroxylation is 3. The lowest BCUT2D eigenvalue weighted by atomic mass is 9.83. The van der Waals surface area contributed by atoms with Crippen molar-refractivity contribution in [3.63, 3.8) is 0 Å². The normalized spacial score (nSPS) is 14.0. The van der Waals surface area contributed by atoms with E-state index in [2.05, 4.69) is 88.6 Å². The Morgan fingerprint density at radius 1 is 0.674 bits per heavy atom. The zero-order valence-corrected chi connectivity index (χ0v) is 25.8. The quantitative estimate of drug-likeness (QED) is 0.164. The van der Waals surface area contributed by atoms with Crippen molar-refractivity contribution < 1.29 is 9.59 Å². The van der Waals surface area contributed by atoms with E-state index in [0.717, 1.165) is 74.8 Å². The van der Waals surface area contributed by atoms with Gasteiger partial charge >= 0.3 is 0 Å². The number of ketones is 2. The number of aromatic nitrogens is 3. The number of benzene rings is 2. The molecular weight excluding hydrogens is 530 g/mol. The van der Waals surface area contributed by atoms with Crippen molar-refractivity contribution in [2.45, 2.75) is 66.2 Å². The van der Waals surface area contributed by atoms with Gasteiger partial charge in [-0.15, -0.1) is 0 Å². The fourth-order valence-corrected chi connectivity index (χ4v) is 7.32. The summed E-state index contributed by atoms with van der Waals surface area (Å²) < 4.78 is 0. The SMILES string of the molecule is CC(=O)c1c(C)[nH]c(C(c2ccccc2)c2ccc(C(c3cccc4c3C=CCC4)c3[nH]c(C)c(C(C)=O)c3C)[nH]2)c1C. The van der Waals surface area contributed by atoms with Crippen LogP contribution in [0.15, 0.2) is 66.7 Å². The lowest BCUT2D eigenvalue weighted by molar-refractivity contribution is 0.100. The van der Waals surface area contributed by atoms with Crippen LogP contribution in [0.4, 0.5) is 0 Å². The zero-order valence-electron chi connectivity index (χ0n) is 25.8. The molecule has 1 aliphatic rings. The molecule has 0 radical (unpaired) electrons. The summed E-state index contributed by atoms with van der Waals surface area (Å²) in [5.74, 6) is -0.112. The molecule has 3 heterocycles. The van der Waals surface area contributed by atoms with Crippen LogP contribution in [0.3, 0.4) is 0 Å². The number of hydrogen-bond donors (Lipinski definition) is 3. The number of carbonyl (C=O) groups excluding carboxylic acids is 2. The van der Waals surface area contributed by atoms with Gasteiger partial charge in [0.1, 0.15) is 0 Å². The molecule has 3 aromatic heterocycles. The summed E-state index contributed by atoms with van der Waals surface area (Å²) in [6.07, 6.45) is 6.57. The standard InChI is InChI=1S/C38H39N3O2/c1-21-33(25(5)42)23(3)39-37(21)35(28-14-8-7-9-15-28)31-19-20-32(41-31)36(38-22(2)34(26(6)43)24(4)40-38)30-18-12-16-27-13-10-11-17-29(27)30/h7-9,11-12,14-20,35-36,39-41H,10,13H2,1-6H3. The molecule has 0 saturated heterocycles. The van der Waals surface area contributed by atoms with Crippen LogP contribution in [0.2, 0.25) is 0 Å². The van der Waals surface area contributed by atoms with Crippen LogP contribution in [-0.4, -0.2) is 26.5 Å². The first-order valence-corrected chi connectivity index (χ1v) is 15.1. The average molecular weight is 570 g/mol. The number of aromatic amines is 3. The Labute approximate surface area is 253 Å². The summed E-state index contributed by atoms with van der Waals surface area (Å²) in [7, 11) is 0. The second kappa shape index (κ2) is 11.2. The number of H-pyrrole nitrogens is 3. The molecule has 218 valence electrons. The van der Waals surface area contributed by atoms with Crippen LogP contribution < -0.4 is 0 Å². The largest absolute Gasteiger partial charge is 0.361 e. The van der Waals surface area contributed by atoms with E-state index in [-0.39, 0.29) is 23.4 Å². The molecule has 1 aliphatic carbocycles. The molecule has 2 atom stereocenters. The number of hydrogen-bond acceptors (Lipinski definition) is 2. The van der Waals surface area contributed by atoms with Crippen LogP contribution in [0, 0.1) is 27.7 Å². The summed E-state index contributed by atoms with van der Waals surface area (Å²) in [6.45, 7) is 11.3. The highest BCUT2D eigenvalue weighted by atomic mass is 16.1. The number of carbonyl (C=O) groups is 2. The Balaban J connectivity index is 1.56. The van der Waals surface area contributed by atoms with Gasteiger partial charge in [-0.05, 0) is 99.9 Å². The van der Waals surface area contributed by atoms with Gasteiger partial charge in [0.25, 0.3) is 0 Å². The van der Waals surface area contributed by atoms with Crippen LogP contribution in [0.1, 0.15) is 120 Å². The highest BCUT2D eigenvalue weighted by Crippen LogP contribution is 2.41. The monoisotopic (exact) mass is 569 g/mol. The smallest absolute Gasteiger partial charge is 0.161 e. The Kier molecular flexibility index (Phi) is 7.43. The van der Waals surface area contributed by atoms with E-state index in [1.807, 2.05) is 26.8 Å². The molecule has 5 nitrogen and oxygen atoms in total. The second-order valence-corrected chi connectivity index (χ2v) is 11.9. The lowest BCUT2D eigenvalue weighted by Gasteiger charge is -2.23. The molecule has 0 fully saturated rings. The summed E-state index contributed by atoms with van der Waals surface area (Å²) in [4.78, 5) is 36.3. The highest BCUT2D eigenvalue weighted by Gasteiger charge is 2.30. The topological polar surface area (TPSA) is 81.5 Å². The van der Waals surface area contributed by atoms with Crippen molar-refractivity contribution in [3.05, 3.63) is 145 Å². The molecule has 43 heavy (non-hydrogen) atoms. The summed E-state index contributed by atoms with van der Waals surface area (Å²) in [5, 5.41) is 0. The van der Waals surface area contributed by atoms with Gasteiger partial charge in [-0.25, -0.2) is 0 Å². The summed E-state index contributed by atoms with van der Waals surface area (Å²) in [6, 6.07) is 21.4. The Morgan fingerprint density at radius 2 is 1.26 bits per heavy atom. The second-order valence-electron chi connectivity index (χ2n) is 11.9. The van der Waals surface area contributed by atoms with Gasteiger partial charge in [-0.1, -0.05) is 60.7 Å². The first kappa shape index (κ1) is 28.5. The van der Waals surface area contributed by atoms with Crippen molar-refractivity contribution in [2.24, 2.45) is 0 Å². The van der Waals surface area contributed by atoms with E-state index in [4.69, 9.17) is 0 Å². The van der Waals surface area contributed by atoms with Gasteiger partial charge in [0.05, 0.1) is 11.8 Å². The number of rotatable bonds is 8. The van der Waals surface area contributed by atoms with Crippen LogP contribution >= 0.6 is 0 Å². The molecule has 0 spiro atoms. The maximum Gasteiger partial charge on any atom is 0.161 e. The van der Waals surface area contributed by atoms with E-state index >= 15 is 0 Å². The molecule has 2 unspecified atom stereocenters. The first-order valence-electron chi connectivity index (χ1n) is 15.1. The average Bonchev–Trinajstić information content (AvgIpc) is 3.65. The van der Waals surface area contributed by atoms with E-state index in [1.54, 1.807) is 13.8 Å². The predicted molar refractivity (Wildman–Crippen MR) is 173 cm³/mol. The summed E-state index contributed by atoms with van der Waals surface area (Å²) >= 11 is 0. The van der Waals surface area contributed by atoms with Gasteiger partial charge in [-0.3, -0.25) is 9.59 Å². The minimum Gasteiger partial charge on any atom is -0.361 e. The maximum atomic E-state index is 12.7. The number of Topliss-reactive ketones (excluding diaryl/α,β-unsaturated/α-hetero) is 2. The third kappa shape index (κ3) is 4.93. The third-order valence-electron chi connectivity index (χ3n) is 9.13. The molecule has 0 bridgehead atoms. The van der Waals surface area contributed by atoms with Gasteiger partial charge in [0.15, 0.2) is 11.6 Å². The van der Waals surface area contributed by atoms with E-state index in [9.17, 15) is 9.59 Å². The molecule has 0 aliphatic heterocycles. The van der Waals surface area contributed by atoms with Crippen LogP contribution in [0.5, 0.6) is 0 Å². The molecule has 6 rings (SSSR count). The lowest BCUT2D eigenvalue weighted by Crippen LogP contribution is -2.12. The minimum atomic E-state index is -0.131. The van der Waals surface area contributed by atoms with E-state index in [1.165, 1.54) is 16.7 Å². The van der Waals surface area contributed by atoms with Crippen molar-refractivity contribution in [3.8, 4) is 0 Å². The molecule has 0 amide bonds. The zero-order chi connectivity index (χ0) is 30.4. The van der Waals surface area contributed by atoms with E-state index < -0.39 is 0 Å². The molecule has 3 N–H and O–H groups in total. The van der Waals surface area contributed by atoms with Crippen molar-refractivity contribution in [1.29, 1.82) is 0 Å². The third-order valence-corrected chi connectivity index (χ3v) is 9.13. The number of nitrogens with one attached hydrogen (secondary N) is 3. The Hall–Kier alpha value is -4.64. The predicted octanol–water partition coefficient (Wildman–Crippen LogP) is 8.63. The molecular formula is C38H39N3O2. The van der Waals surface area contributed by atoms with E-state index in [0.29, 0.717) is 0 Å². The van der Waals surface area contributed by atoms with Crippen LogP contribution in [0.25, 0.3) is 6.08 Å². The molecule has 5 aromatic rings. The summed E-state index contributed by atoms with van der Waals surface area (Å²) in [5.41, 5.74) is 14.4. The molecule has 2 aromatic carbocycles.